The van der Waals surface area contributed by atoms with Gasteiger partial charge in [-0.2, -0.15) is 9.57 Å². The van der Waals surface area contributed by atoms with Gasteiger partial charge in [0.25, 0.3) is 0 Å². The van der Waals surface area contributed by atoms with Gasteiger partial charge in [0.15, 0.2) is 0 Å². The highest BCUT2D eigenvalue weighted by atomic mass is 32.2. The molecule has 3 rings (SSSR count). The second kappa shape index (κ2) is 5.17. The molecule has 5 nitrogen and oxygen atoms in total. The lowest BCUT2D eigenvalue weighted by Crippen LogP contribution is -2.39. The Kier molecular flexibility index (Phi) is 3.50. The van der Waals surface area contributed by atoms with Gasteiger partial charge in [0.05, 0.1) is 17.4 Å². The number of hydrogen-bond acceptors (Lipinski definition) is 4. The SMILES string of the molecule is N#Cc1ccc(CS(=O)(=O)N2CC[C@H]3CNC[C@H]32)cc1. The Morgan fingerprint density at radius 2 is 2.05 bits per heavy atom. The highest BCUT2D eigenvalue weighted by Gasteiger charge is 2.43. The summed E-state index contributed by atoms with van der Waals surface area (Å²) >= 11 is 0. The van der Waals surface area contributed by atoms with Crippen LogP contribution >= 0.6 is 0 Å². The first-order valence-corrected chi connectivity index (χ1v) is 8.40. The van der Waals surface area contributed by atoms with E-state index >= 15 is 0 Å². The van der Waals surface area contributed by atoms with Gasteiger partial charge in [-0.05, 0) is 36.6 Å². The molecule has 0 bridgehead atoms. The van der Waals surface area contributed by atoms with Gasteiger partial charge in [-0.15, -0.1) is 0 Å². The van der Waals surface area contributed by atoms with Crippen LogP contribution in [0.2, 0.25) is 0 Å². The third kappa shape index (κ3) is 2.44. The Morgan fingerprint density at radius 1 is 1.30 bits per heavy atom. The van der Waals surface area contributed by atoms with E-state index in [4.69, 9.17) is 5.26 Å². The summed E-state index contributed by atoms with van der Waals surface area (Å²) in [4.78, 5) is 0. The summed E-state index contributed by atoms with van der Waals surface area (Å²) < 4.78 is 26.7. The van der Waals surface area contributed by atoms with Crippen LogP contribution in [0.4, 0.5) is 0 Å². The Morgan fingerprint density at radius 3 is 2.75 bits per heavy atom. The van der Waals surface area contributed by atoms with Gasteiger partial charge in [-0.1, -0.05) is 12.1 Å². The molecule has 2 fully saturated rings. The molecule has 2 saturated heterocycles. The van der Waals surface area contributed by atoms with Gasteiger partial charge in [0.1, 0.15) is 0 Å². The smallest absolute Gasteiger partial charge is 0.218 e. The van der Waals surface area contributed by atoms with E-state index in [-0.39, 0.29) is 11.8 Å². The largest absolute Gasteiger partial charge is 0.315 e. The third-order valence-corrected chi connectivity index (χ3v) is 6.05. The van der Waals surface area contributed by atoms with E-state index in [1.807, 2.05) is 6.07 Å². The van der Waals surface area contributed by atoms with Crippen LogP contribution in [0, 0.1) is 17.2 Å². The Labute approximate surface area is 119 Å². The summed E-state index contributed by atoms with van der Waals surface area (Å²) in [5.41, 5.74) is 1.28. The fourth-order valence-electron chi connectivity index (χ4n) is 3.12. The number of sulfonamides is 1. The van der Waals surface area contributed by atoms with Crippen molar-refractivity contribution in [1.29, 1.82) is 5.26 Å². The number of nitrogens with one attached hydrogen (secondary N) is 1. The van der Waals surface area contributed by atoms with E-state index < -0.39 is 10.0 Å². The van der Waals surface area contributed by atoms with E-state index in [9.17, 15) is 8.42 Å². The Balaban J connectivity index is 1.76. The highest BCUT2D eigenvalue weighted by Crippen LogP contribution is 2.30. The maximum absolute atomic E-state index is 12.5. The Hall–Kier alpha value is -1.42. The molecule has 0 unspecified atom stereocenters. The maximum Gasteiger partial charge on any atom is 0.218 e. The van der Waals surface area contributed by atoms with Gasteiger partial charge < -0.3 is 5.32 Å². The number of rotatable bonds is 3. The average molecular weight is 291 g/mol. The monoisotopic (exact) mass is 291 g/mol. The number of fused-ring (bicyclic) bond motifs is 1. The lowest BCUT2D eigenvalue weighted by Gasteiger charge is -2.22. The van der Waals surface area contributed by atoms with Crippen LogP contribution in [0.1, 0.15) is 17.5 Å². The summed E-state index contributed by atoms with van der Waals surface area (Å²) in [5, 5.41) is 12.0. The van der Waals surface area contributed by atoms with Crippen molar-refractivity contribution < 1.29 is 8.42 Å². The quantitative estimate of drug-likeness (QED) is 0.889. The van der Waals surface area contributed by atoms with Crippen LogP contribution in [0.3, 0.4) is 0 Å². The van der Waals surface area contributed by atoms with Gasteiger partial charge in [0.2, 0.25) is 10.0 Å². The summed E-state index contributed by atoms with van der Waals surface area (Å²) in [5.74, 6) is 0.479. The molecule has 0 amide bonds. The fraction of sp³-hybridized carbons (Fsp3) is 0.500. The molecule has 2 aliphatic rings. The molecule has 0 aromatic heterocycles. The molecule has 2 aliphatic heterocycles. The number of benzene rings is 1. The summed E-state index contributed by atoms with van der Waals surface area (Å²) in [6, 6.07) is 8.92. The van der Waals surface area contributed by atoms with Crippen molar-refractivity contribution in [3.63, 3.8) is 0 Å². The van der Waals surface area contributed by atoms with Crippen molar-refractivity contribution >= 4 is 10.0 Å². The summed E-state index contributed by atoms with van der Waals surface area (Å²) in [6.45, 7) is 2.32. The zero-order valence-electron chi connectivity index (χ0n) is 11.1. The molecule has 1 N–H and O–H groups in total. The van der Waals surface area contributed by atoms with E-state index in [1.165, 1.54) is 0 Å². The van der Waals surface area contributed by atoms with Crippen molar-refractivity contribution in [3.05, 3.63) is 35.4 Å². The molecule has 106 valence electrons. The van der Waals surface area contributed by atoms with Crippen LogP contribution in [-0.2, 0) is 15.8 Å². The Bertz CT molecular complexity index is 633. The fourth-order valence-corrected chi connectivity index (χ4v) is 4.95. The predicted octanol–water partition coefficient (Wildman–Crippen LogP) is 0.682. The molecule has 1 aromatic rings. The lowest BCUT2D eigenvalue weighted by molar-refractivity contribution is 0.382. The molecular weight excluding hydrogens is 274 g/mol. The van der Waals surface area contributed by atoms with Crippen molar-refractivity contribution in [3.8, 4) is 6.07 Å². The van der Waals surface area contributed by atoms with E-state index in [0.29, 0.717) is 18.0 Å². The summed E-state index contributed by atoms with van der Waals surface area (Å²) in [6.07, 6.45) is 0.949. The first-order chi connectivity index (χ1) is 9.60. The normalized spacial score (nSPS) is 26.4. The van der Waals surface area contributed by atoms with Gasteiger partial charge in [0, 0.05) is 19.1 Å². The van der Waals surface area contributed by atoms with E-state index in [2.05, 4.69) is 5.32 Å². The summed E-state index contributed by atoms with van der Waals surface area (Å²) in [7, 11) is -3.28. The number of nitrogens with zero attached hydrogens (tertiary/aromatic N) is 2. The van der Waals surface area contributed by atoms with Crippen LogP contribution in [0.5, 0.6) is 0 Å². The van der Waals surface area contributed by atoms with Crippen molar-refractivity contribution in [2.24, 2.45) is 5.92 Å². The molecule has 20 heavy (non-hydrogen) atoms. The minimum absolute atomic E-state index is 0.0158. The first kappa shape index (κ1) is 13.6. The standard InChI is InChI=1S/C14H17N3O2S/c15-7-11-1-3-12(4-2-11)10-20(18,19)17-6-5-13-8-16-9-14(13)17/h1-4,13-14,16H,5-6,8-10H2/t13-,14+/m0/s1. The van der Waals surface area contributed by atoms with Gasteiger partial charge >= 0.3 is 0 Å². The molecular formula is C14H17N3O2S. The molecule has 0 spiro atoms. The van der Waals surface area contributed by atoms with E-state index in [1.54, 1.807) is 28.6 Å². The molecule has 0 radical (unpaired) electrons. The van der Waals surface area contributed by atoms with Gasteiger partial charge in [-0.25, -0.2) is 8.42 Å². The van der Waals surface area contributed by atoms with Crippen LogP contribution in [-0.4, -0.2) is 38.4 Å². The topological polar surface area (TPSA) is 73.2 Å². The van der Waals surface area contributed by atoms with E-state index in [0.717, 1.165) is 25.1 Å². The minimum atomic E-state index is -3.28. The lowest BCUT2D eigenvalue weighted by atomic mass is 10.1. The zero-order chi connectivity index (χ0) is 14.2. The second-order valence-electron chi connectivity index (χ2n) is 5.45. The van der Waals surface area contributed by atoms with Crippen LogP contribution < -0.4 is 5.32 Å². The zero-order valence-corrected chi connectivity index (χ0v) is 11.9. The molecule has 2 atom stereocenters. The maximum atomic E-state index is 12.5. The molecule has 0 aliphatic carbocycles. The van der Waals surface area contributed by atoms with Gasteiger partial charge in [-0.3, -0.25) is 0 Å². The molecule has 6 heteroatoms. The molecule has 1 aromatic carbocycles. The molecule has 0 saturated carbocycles. The van der Waals surface area contributed by atoms with Crippen LogP contribution in [0.15, 0.2) is 24.3 Å². The van der Waals surface area contributed by atoms with Crippen LogP contribution in [0.25, 0.3) is 0 Å². The average Bonchev–Trinajstić information content (AvgIpc) is 3.01. The first-order valence-electron chi connectivity index (χ1n) is 6.79. The number of hydrogen-bond donors (Lipinski definition) is 1. The second-order valence-corrected chi connectivity index (χ2v) is 7.37. The molecule has 2 heterocycles. The minimum Gasteiger partial charge on any atom is -0.315 e. The van der Waals surface area contributed by atoms with Crippen molar-refractivity contribution in [1.82, 2.24) is 9.62 Å². The number of nitriles is 1. The van der Waals surface area contributed by atoms with Crippen molar-refractivity contribution in [2.45, 2.75) is 18.2 Å². The van der Waals surface area contributed by atoms with Crippen molar-refractivity contribution in [2.75, 3.05) is 19.6 Å². The predicted molar refractivity (Wildman–Crippen MR) is 75.3 cm³/mol. The highest BCUT2D eigenvalue weighted by molar-refractivity contribution is 7.88. The third-order valence-electron chi connectivity index (χ3n) is 4.18.